The third-order valence-electron chi connectivity index (χ3n) is 4.57. The topological polar surface area (TPSA) is 33.4 Å². The maximum absolute atomic E-state index is 5.88. The van der Waals surface area contributed by atoms with Crippen molar-refractivity contribution in [2.75, 3.05) is 29.7 Å². The van der Waals surface area contributed by atoms with Gasteiger partial charge in [0.2, 0.25) is 0 Å². The van der Waals surface area contributed by atoms with Crippen molar-refractivity contribution in [3.8, 4) is 0 Å². The van der Waals surface area contributed by atoms with Crippen LogP contribution in [-0.4, -0.2) is 40.6 Å². The molecule has 0 radical (unpaired) electrons. The van der Waals surface area contributed by atoms with E-state index in [2.05, 4.69) is 56.7 Å². The van der Waals surface area contributed by atoms with Crippen LogP contribution >= 0.6 is 23.2 Å². The molecule has 0 spiro atoms. The summed E-state index contributed by atoms with van der Waals surface area (Å²) in [5.41, 5.74) is 5.20. The molecule has 0 unspecified atom stereocenters. The summed E-state index contributed by atoms with van der Waals surface area (Å²) in [6.07, 6.45) is 1.88. The van der Waals surface area contributed by atoms with Crippen LogP contribution in [0.2, 0.25) is 0 Å². The van der Waals surface area contributed by atoms with Gasteiger partial charge in [0.15, 0.2) is 0 Å². The summed E-state index contributed by atoms with van der Waals surface area (Å²) in [4.78, 5) is 11.4. The van der Waals surface area contributed by atoms with Crippen molar-refractivity contribution in [2.45, 2.75) is 20.4 Å². The van der Waals surface area contributed by atoms with Crippen LogP contribution < -0.4 is 4.90 Å². The number of aromatic nitrogens is 2. The highest BCUT2D eigenvalue weighted by Gasteiger charge is 2.07. The second-order valence-electron chi connectivity index (χ2n) is 6.29. The molecular formula is C21H24Cl2N4. The van der Waals surface area contributed by atoms with E-state index in [1.54, 1.807) is 0 Å². The van der Waals surface area contributed by atoms with E-state index < -0.39 is 0 Å². The third-order valence-corrected chi connectivity index (χ3v) is 4.91. The van der Waals surface area contributed by atoms with Crippen LogP contribution in [0.15, 0.2) is 47.5 Å². The minimum absolute atomic E-state index is 0.579. The third kappa shape index (κ3) is 4.63. The Bertz CT molecular complexity index is 910. The Labute approximate surface area is 170 Å². The van der Waals surface area contributed by atoms with Crippen LogP contribution in [0.3, 0.4) is 0 Å². The first-order chi connectivity index (χ1) is 13.2. The Morgan fingerprint density at radius 1 is 1.07 bits per heavy atom. The molecule has 0 saturated heterocycles. The first kappa shape index (κ1) is 19.7. The van der Waals surface area contributed by atoms with Gasteiger partial charge in [-0.15, -0.1) is 23.2 Å². The Morgan fingerprint density at radius 2 is 1.78 bits per heavy atom. The number of alkyl halides is 2. The molecule has 0 saturated carbocycles. The summed E-state index contributed by atoms with van der Waals surface area (Å²) in [6, 6.07) is 14.4. The van der Waals surface area contributed by atoms with Crippen LogP contribution in [0.4, 0.5) is 11.4 Å². The lowest BCUT2D eigenvalue weighted by atomic mass is 10.2. The summed E-state index contributed by atoms with van der Waals surface area (Å²) in [5, 5.41) is 0. The van der Waals surface area contributed by atoms with E-state index in [-0.39, 0.29) is 0 Å². The minimum Gasteiger partial charge on any atom is -0.369 e. The van der Waals surface area contributed by atoms with Crippen LogP contribution in [0.25, 0.3) is 11.0 Å². The van der Waals surface area contributed by atoms with Crippen LogP contribution in [0.5, 0.6) is 0 Å². The van der Waals surface area contributed by atoms with E-state index in [1.165, 1.54) is 0 Å². The van der Waals surface area contributed by atoms with Gasteiger partial charge in [-0.2, -0.15) is 0 Å². The lowest BCUT2D eigenvalue weighted by Crippen LogP contribution is -2.27. The van der Waals surface area contributed by atoms with Crippen molar-refractivity contribution in [3.05, 3.63) is 53.9 Å². The molecular weight excluding hydrogens is 379 g/mol. The summed E-state index contributed by atoms with van der Waals surface area (Å²) >= 11 is 11.8. The van der Waals surface area contributed by atoms with Gasteiger partial charge < -0.3 is 9.47 Å². The van der Waals surface area contributed by atoms with E-state index in [1.807, 2.05) is 25.3 Å². The SMILES string of the molecule is CCn1c(C)nc2cc(N=Cc3ccc(N(CCCl)CCCl)cc3)ccc21. The molecule has 6 heteroatoms. The van der Waals surface area contributed by atoms with Crippen molar-refractivity contribution in [2.24, 2.45) is 4.99 Å². The van der Waals surface area contributed by atoms with E-state index >= 15 is 0 Å². The lowest BCUT2D eigenvalue weighted by Gasteiger charge is -2.22. The number of imidazole rings is 1. The summed E-state index contributed by atoms with van der Waals surface area (Å²) in [6.45, 7) is 6.65. The predicted octanol–water partition coefficient (Wildman–Crippen LogP) is 5.40. The van der Waals surface area contributed by atoms with Crippen LogP contribution in [0, 0.1) is 6.92 Å². The molecule has 4 nitrogen and oxygen atoms in total. The fourth-order valence-electron chi connectivity index (χ4n) is 3.21. The molecule has 0 aliphatic rings. The molecule has 3 rings (SSSR count). The molecule has 0 aliphatic heterocycles. The molecule has 0 aliphatic carbocycles. The van der Waals surface area contributed by atoms with E-state index in [4.69, 9.17) is 23.2 Å². The van der Waals surface area contributed by atoms with E-state index in [9.17, 15) is 0 Å². The summed E-state index contributed by atoms with van der Waals surface area (Å²) < 4.78 is 2.20. The maximum Gasteiger partial charge on any atom is 0.106 e. The Kier molecular flexibility index (Phi) is 6.75. The highest BCUT2D eigenvalue weighted by molar-refractivity contribution is 6.18. The van der Waals surface area contributed by atoms with Gasteiger partial charge in [0.05, 0.1) is 16.7 Å². The van der Waals surface area contributed by atoms with Crippen molar-refractivity contribution in [3.63, 3.8) is 0 Å². The van der Waals surface area contributed by atoms with Crippen molar-refractivity contribution in [1.29, 1.82) is 0 Å². The molecule has 0 bridgehead atoms. The number of nitrogens with zero attached hydrogens (tertiary/aromatic N) is 4. The number of anilines is 1. The first-order valence-electron chi connectivity index (χ1n) is 9.14. The fourth-order valence-corrected chi connectivity index (χ4v) is 3.62. The number of hydrogen-bond acceptors (Lipinski definition) is 3. The zero-order valence-electron chi connectivity index (χ0n) is 15.7. The fraction of sp³-hybridized carbons (Fsp3) is 0.333. The van der Waals surface area contributed by atoms with Crippen LogP contribution in [-0.2, 0) is 6.54 Å². The number of benzene rings is 2. The highest BCUT2D eigenvalue weighted by Crippen LogP contribution is 2.22. The Balaban J connectivity index is 1.76. The van der Waals surface area contributed by atoms with Gasteiger partial charge in [0, 0.05) is 43.3 Å². The van der Waals surface area contributed by atoms with Gasteiger partial charge in [0.25, 0.3) is 0 Å². The first-order valence-corrected chi connectivity index (χ1v) is 10.2. The zero-order valence-corrected chi connectivity index (χ0v) is 17.2. The normalized spacial score (nSPS) is 11.6. The Hall–Kier alpha value is -2.04. The van der Waals surface area contributed by atoms with Crippen molar-refractivity contribution in [1.82, 2.24) is 9.55 Å². The smallest absolute Gasteiger partial charge is 0.106 e. The van der Waals surface area contributed by atoms with E-state index in [0.29, 0.717) is 11.8 Å². The summed E-state index contributed by atoms with van der Waals surface area (Å²) in [7, 11) is 0. The van der Waals surface area contributed by atoms with Gasteiger partial charge >= 0.3 is 0 Å². The molecule has 0 amide bonds. The molecule has 0 fully saturated rings. The molecule has 27 heavy (non-hydrogen) atoms. The van der Waals surface area contributed by atoms with E-state index in [0.717, 1.165) is 53.4 Å². The van der Waals surface area contributed by atoms with Crippen LogP contribution in [0.1, 0.15) is 18.3 Å². The van der Waals surface area contributed by atoms with Gasteiger partial charge in [0.1, 0.15) is 5.82 Å². The van der Waals surface area contributed by atoms with Gasteiger partial charge in [-0.25, -0.2) is 4.98 Å². The lowest BCUT2D eigenvalue weighted by molar-refractivity contribution is 0.753. The largest absolute Gasteiger partial charge is 0.369 e. The number of hydrogen-bond donors (Lipinski definition) is 0. The number of fused-ring (bicyclic) bond motifs is 1. The van der Waals surface area contributed by atoms with Gasteiger partial charge in [-0.05, 0) is 49.7 Å². The monoisotopic (exact) mass is 402 g/mol. The molecule has 1 heterocycles. The molecule has 0 atom stereocenters. The molecule has 2 aromatic carbocycles. The maximum atomic E-state index is 5.88. The molecule has 142 valence electrons. The number of aryl methyl sites for hydroxylation is 2. The average molecular weight is 403 g/mol. The number of aliphatic imine (C=N–C) groups is 1. The second kappa shape index (κ2) is 9.25. The molecule has 3 aromatic rings. The Morgan fingerprint density at radius 3 is 2.41 bits per heavy atom. The number of rotatable bonds is 8. The van der Waals surface area contributed by atoms with Gasteiger partial charge in [-0.1, -0.05) is 12.1 Å². The average Bonchev–Trinajstić information content (AvgIpc) is 3.00. The minimum atomic E-state index is 0.579. The molecule has 0 N–H and O–H groups in total. The quantitative estimate of drug-likeness (QED) is 0.373. The predicted molar refractivity (Wildman–Crippen MR) is 117 cm³/mol. The highest BCUT2D eigenvalue weighted by atomic mass is 35.5. The van der Waals surface area contributed by atoms with Gasteiger partial charge in [-0.3, -0.25) is 4.99 Å². The second-order valence-corrected chi connectivity index (χ2v) is 7.05. The standard InChI is InChI=1S/C21H24Cl2N4/c1-3-27-16(2)25-20-14-18(6-9-21(20)27)24-15-17-4-7-19(8-5-17)26(12-10-22)13-11-23/h4-9,14-15H,3,10-13H2,1-2H3. The molecule has 1 aromatic heterocycles. The number of halogens is 2. The van der Waals surface area contributed by atoms with Crippen molar-refractivity contribution < 1.29 is 0 Å². The summed E-state index contributed by atoms with van der Waals surface area (Å²) in [5.74, 6) is 2.19. The zero-order chi connectivity index (χ0) is 19.2. The van der Waals surface area contributed by atoms with Crippen molar-refractivity contribution >= 4 is 51.8 Å².